The lowest BCUT2D eigenvalue weighted by atomic mass is 9.86. The van der Waals surface area contributed by atoms with Crippen molar-refractivity contribution in [2.75, 3.05) is 13.2 Å². The molecule has 5 rings (SSSR count). The fourth-order valence-electron chi connectivity index (χ4n) is 6.07. The number of aromatic nitrogens is 1. The van der Waals surface area contributed by atoms with Crippen molar-refractivity contribution in [3.05, 3.63) is 77.1 Å². The number of H-pyrrole nitrogens is 1. The molecule has 5 heteroatoms. The molecule has 0 amide bonds. The van der Waals surface area contributed by atoms with Crippen LogP contribution in [0.25, 0.3) is 10.9 Å². The molecule has 1 saturated carbocycles. The van der Waals surface area contributed by atoms with Gasteiger partial charge >= 0.3 is 0 Å². The van der Waals surface area contributed by atoms with Crippen molar-refractivity contribution in [1.82, 2.24) is 4.98 Å². The molecule has 0 radical (unpaired) electrons. The molecule has 0 saturated heterocycles. The van der Waals surface area contributed by atoms with Crippen LogP contribution >= 0.6 is 0 Å². The number of aliphatic hydroxyl groups is 1. The van der Waals surface area contributed by atoms with Gasteiger partial charge in [-0.15, -0.1) is 0 Å². The Bertz CT molecular complexity index is 1380. The van der Waals surface area contributed by atoms with Crippen LogP contribution < -0.4 is 9.84 Å². The molecule has 40 heavy (non-hydrogen) atoms. The predicted octanol–water partition coefficient (Wildman–Crippen LogP) is 6.46. The largest absolute Gasteiger partial charge is 0.858 e. The number of fused-ring (bicyclic) bond motifs is 2. The zero-order chi connectivity index (χ0) is 27.6. The number of unbranched alkanes of at least 4 members (excludes halogenated alkanes) is 1. The highest BCUT2D eigenvalue weighted by molar-refractivity contribution is 5.95. The molecule has 1 aromatic heterocycles. The number of aliphatic hydroxyl groups excluding tert-OH is 1. The van der Waals surface area contributed by atoms with Crippen LogP contribution in [-0.4, -0.2) is 29.2 Å². The van der Waals surface area contributed by atoms with E-state index in [1.165, 1.54) is 44.7 Å². The summed E-state index contributed by atoms with van der Waals surface area (Å²) in [6.07, 6.45) is 19.1. The van der Waals surface area contributed by atoms with E-state index in [9.17, 15) is 10.2 Å². The van der Waals surface area contributed by atoms with Crippen LogP contribution in [0.2, 0.25) is 0 Å². The summed E-state index contributed by atoms with van der Waals surface area (Å²) in [4.78, 5) is 7.53. The lowest BCUT2D eigenvalue weighted by molar-refractivity contribution is -0.212. The van der Waals surface area contributed by atoms with Gasteiger partial charge in [0, 0.05) is 53.4 Å². The number of rotatable bonds is 9. The zero-order valence-corrected chi connectivity index (χ0v) is 23.5. The molecule has 1 atom stereocenters. The van der Waals surface area contributed by atoms with Crippen LogP contribution in [-0.2, 0) is 12.8 Å². The third-order valence-corrected chi connectivity index (χ3v) is 8.30. The van der Waals surface area contributed by atoms with Crippen LogP contribution in [0.15, 0.2) is 59.9 Å². The Morgan fingerprint density at radius 2 is 2.02 bits per heavy atom. The first-order valence-corrected chi connectivity index (χ1v) is 15.1. The van der Waals surface area contributed by atoms with Crippen molar-refractivity contribution in [2.24, 2.45) is 16.8 Å². The van der Waals surface area contributed by atoms with Gasteiger partial charge < -0.3 is 19.9 Å². The summed E-state index contributed by atoms with van der Waals surface area (Å²) >= 11 is 0. The molecule has 5 nitrogen and oxygen atoms in total. The van der Waals surface area contributed by atoms with E-state index >= 15 is 0 Å². The van der Waals surface area contributed by atoms with E-state index in [1.54, 1.807) is 0 Å². The van der Waals surface area contributed by atoms with Crippen molar-refractivity contribution in [1.29, 1.82) is 0 Å². The standard InChI is InChI=1S/C35H42N2O3/c38-25-28(22-30-24-37-33-17-8-7-16-31(30)33)18-19-36-35(39)32-23-27(21-29-15-9-10-20-40-34(29)32)14-6-2-5-13-26-11-3-1-4-12-26/h7-8,16-19,21,23-24,26,28,37-38H,1-5,9-13,15,20,22,25H2,(H,36,39)/p-1/b19-18+. The third kappa shape index (κ3) is 7.37. The molecule has 2 heterocycles. The van der Waals surface area contributed by atoms with Crippen LogP contribution in [0, 0.1) is 23.7 Å². The van der Waals surface area contributed by atoms with E-state index in [0.29, 0.717) is 24.3 Å². The highest BCUT2D eigenvalue weighted by atomic mass is 16.5. The molecule has 2 N–H and O–H groups in total. The molecule has 210 valence electrons. The van der Waals surface area contributed by atoms with Gasteiger partial charge in [0.1, 0.15) is 5.75 Å². The molecule has 1 fully saturated rings. The monoisotopic (exact) mass is 537 g/mol. The second-order valence-electron chi connectivity index (χ2n) is 11.3. The number of nitrogens with zero attached hydrogens (tertiary/aromatic N) is 1. The Balaban J connectivity index is 1.28. The van der Waals surface area contributed by atoms with Gasteiger partial charge in [-0.25, -0.2) is 0 Å². The molecule has 0 spiro atoms. The summed E-state index contributed by atoms with van der Waals surface area (Å²) < 4.78 is 6.03. The minimum Gasteiger partial charge on any atom is -0.858 e. The van der Waals surface area contributed by atoms with Crippen LogP contribution in [0.1, 0.15) is 86.5 Å². The summed E-state index contributed by atoms with van der Waals surface area (Å²) in [6, 6.07) is 12.1. The maximum atomic E-state index is 13.3. The maximum Gasteiger partial charge on any atom is 0.130 e. The van der Waals surface area contributed by atoms with Gasteiger partial charge in [0.25, 0.3) is 0 Å². The van der Waals surface area contributed by atoms with Crippen molar-refractivity contribution in [2.45, 2.75) is 77.0 Å². The molecule has 1 unspecified atom stereocenters. The molecule has 2 aromatic carbocycles. The lowest BCUT2D eigenvalue weighted by Gasteiger charge is -2.20. The van der Waals surface area contributed by atoms with E-state index in [4.69, 9.17) is 4.74 Å². The molecule has 2 aliphatic rings. The molecule has 1 aliphatic heterocycles. The average Bonchev–Trinajstić information content (AvgIpc) is 3.24. The first-order valence-electron chi connectivity index (χ1n) is 15.1. The number of aliphatic imine (C=N–C) groups is 1. The van der Waals surface area contributed by atoms with Gasteiger partial charge in [-0.2, -0.15) is 0 Å². The topological polar surface area (TPSA) is 80.7 Å². The van der Waals surface area contributed by atoms with Crippen molar-refractivity contribution < 1.29 is 14.9 Å². The number of para-hydroxylation sites is 1. The van der Waals surface area contributed by atoms with Gasteiger partial charge in [-0.05, 0) is 79.7 Å². The van der Waals surface area contributed by atoms with E-state index in [1.807, 2.05) is 36.5 Å². The Labute approximate surface area is 238 Å². The zero-order valence-electron chi connectivity index (χ0n) is 23.5. The number of hydrogen-bond acceptors (Lipinski definition) is 4. The third-order valence-electron chi connectivity index (χ3n) is 8.30. The van der Waals surface area contributed by atoms with Gasteiger partial charge in [-0.1, -0.05) is 68.2 Å². The predicted molar refractivity (Wildman–Crippen MR) is 160 cm³/mol. The molecular weight excluding hydrogens is 496 g/mol. The summed E-state index contributed by atoms with van der Waals surface area (Å²) in [5.74, 6) is 7.73. The van der Waals surface area contributed by atoms with Gasteiger partial charge in [0.15, 0.2) is 0 Å². The first kappa shape index (κ1) is 28.1. The number of ether oxygens (including phenoxy) is 1. The molecule has 3 aromatic rings. The fraction of sp³-hybridized carbons (Fsp3) is 0.457. The van der Waals surface area contributed by atoms with Gasteiger partial charge in [0.2, 0.25) is 0 Å². The Morgan fingerprint density at radius 1 is 1.15 bits per heavy atom. The van der Waals surface area contributed by atoms with Crippen molar-refractivity contribution in [3.63, 3.8) is 0 Å². The van der Waals surface area contributed by atoms with E-state index in [0.717, 1.165) is 65.6 Å². The van der Waals surface area contributed by atoms with Crippen molar-refractivity contribution >= 4 is 16.8 Å². The van der Waals surface area contributed by atoms with Crippen LogP contribution in [0.4, 0.5) is 0 Å². The van der Waals surface area contributed by atoms with E-state index in [-0.39, 0.29) is 18.4 Å². The summed E-state index contributed by atoms with van der Waals surface area (Å²) in [6.45, 7) is 0.580. The summed E-state index contributed by atoms with van der Waals surface area (Å²) in [5.41, 5.74) is 4.59. The Morgan fingerprint density at radius 3 is 2.90 bits per heavy atom. The number of nitrogens with one attached hydrogen (secondary N) is 1. The van der Waals surface area contributed by atoms with E-state index in [2.05, 4.69) is 33.9 Å². The van der Waals surface area contributed by atoms with Crippen molar-refractivity contribution in [3.8, 4) is 17.6 Å². The number of hydrogen-bond donors (Lipinski definition) is 2. The van der Waals surface area contributed by atoms with Crippen LogP contribution in [0.5, 0.6) is 5.75 Å². The minimum atomic E-state index is -0.334. The second-order valence-corrected chi connectivity index (χ2v) is 11.3. The minimum absolute atomic E-state index is 0.0238. The highest BCUT2D eigenvalue weighted by Gasteiger charge is 2.16. The molecule has 0 bridgehead atoms. The number of aromatic amines is 1. The Kier molecular flexibility index (Phi) is 9.98. The summed E-state index contributed by atoms with van der Waals surface area (Å²) in [5, 5.41) is 24.4. The SMILES string of the molecule is [O-]C(=N/C=C/C(CO)Cc1c[nH]c2ccccc12)c1cc(C#CCCCC2CCCCC2)cc2c1OCCCC2. The fourth-order valence-corrected chi connectivity index (χ4v) is 6.07. The Hall–Kier alpha value is -3.49. The van der Waals surface area contributed by atoms with Crippen LogP contribution in [0.3, 0.4) is 0 Å². The summed E-state index contributed by atoms with van der Waals surface area (Å²) in [7, 11) is 0. The number of benzene rings is 2. The molecular formula is C35H41N2O3-. The quantitative estimate of drug-likeness (QED) is 0.142. The maximum absolute atomic E-state index is 13.3. The second kappa shape index (κ2) is 14.2. The van der Waals surface area contributed by atoms with Gasteiger partial charge in [-0.3, -0.25) is 4.99 Å². The smallest absolute Gasteiger partial charge is 0.130 e. The average molecular weight is 538 g/mol. The lowest BCUT2D eigenvalue weighted by Crippen LogP contribution is -2.20. The molecule has 1 aliphatic carbocycles. The van der Waals surface area contributed by atoms with Gasteiger partial charge in [0.05, 0.1) is 6.61 Å². The normalized spacial score (nSPS) is 17.2. The van der Waals surface area contributed by atoms with E-state index < -0.39 is 0 Å². The highest BCUT2D eigenvalue weighted by Crippen LogP contribution is 2.31. The number of aryl methyl sites for hydroxylation is 1. The first-order chi connectivity index (χ1) is 19.7.